The molecule has 3 aromatic rings. The van der Waals surface area contributed by atoms with Crippen LogP contribution in [0.5, 0.6) is 0 Å². The van der Waals surface area contributed by atoms with Gasteiger partial charge >= 0.3 is 5.97 Å². The average Bonchev–Trinajstić information content (AvgIpc) is 2.88. The highest BCUT2D eigenvalue weighted by Crippen LogP contribution is 2.19. The molecule has 0 saturated heterocycles. The van der Waals surface area contributed by atoms with Gasteiger partial charge in [0.2, 0.25) is 0 Å². The van der Waals surface area contributed by atoms with Crippen LogP contribution in [-0.2, 0) is 20.7 Å². The fraction of sp³-hybridized carbons (Fsp3) is 0.192. The quantitative estimate of drug-likeness (QED) is 0.270. The van der Waals surface area contributed by atoms with Gasteiger partial charge in [0.05, 0.1) is 13.2 Å². The molecule has 0 fully saturated rings. The van der Waals surface area contributed by atoms with E-state index in [-0.39, 0.29) is 6.42 Å². The molecular formula is C26H25IN2O5. The lowest BCUT2D eigenvalue weighted by Gasteiger charge is -2.26. The number of amides is 2. The van der Waals surface area contributed by atoms with Crippen LogP contribution in [0.25, 0.3) is 0 Å². The molecule has 3 rings (SSSR count). The lowest BCUT2D eigenvalue weighted by Crippen LogP contribution is -2.51. The van der Waals surface area contributed by atoms with Crippen LogP contribution in [0, 0.1) is 3.57 Å². The van der Waals surface area contributed by atoms with Crippen LogP contribution in [0.2, 0.25) is 0 Å². The topological polar surface area (TPSA) is 105 Å². The summed E-state index contributed by atoms with van der Waals surface area (Å²) in [5, 5.41) is 16.3. The molecule has 0 spiro atoms. The number of aliphatic hydroxyl groups is 1. The van der Waals surface area contributed by atoms with Gasteiger partial charge < -0.3 is 20.5 Å². The molecule has 0 aliphatic rings. The maximum absolute atomic E-state index is 13.1. The van der Waals surface area contributed by atoms with E-state index < -0.39 is 36.0 Å². The second-order valence-electron chi connectivity index (χ2n) is 7.55. The van der Waals surface area contributed by atoms with Gasteiger partial charge in [-0.25, -0.2) is 4.79 Å². The van der Waals surface area contributed by atoms with Gasteiger partial charge in [-0.05, 0) is 51.9 Å². The highest BCUT2D eigenvalue weighted by atomic mass is 127. The van der Waals surface area contributed by atoms with Gasteiger partial charge in [0.15, 0.2) is 6.10 Å². The largest absolute Gasteiger partial charge is 0.467 e. The fourth-order valence-corrected chi connectivity index (χ4v) is 4.05. The summed E-state index contributed by atoms with van der Waals surface area (Å²) in [5.41, 5.74) is 1.79. The predicted octanol–water partition coefficient (Wildman–Crippen LogP) is 3.02. The normalized spacial score (nSPS) is 13.3. The van der Waals surface area contributed by atoms with E-state index in [2.05, 4.69) is 33.2 Å². The molecular weight excluding hydrogens is 547 g/mol. The standard InChI is InChI=1S/C26H25IN2O5/c1-34-26(33)21(16-19-14-8-9-15-20(19)27)28-25(32)23(30)22(17-10-4-2-5-11-17)29-24(31)18-12-6-3-7-13-18/h2-15,21-23,30H,16H2,1H3,(H,28,32)(H,29,31)/t21-,22-,23+/m0/s1. The van der Waals surface area contributed by atoms with E-state index in [0.717, 1.165) is 9.13 Å². The molecule has 8 heteroatoms. The van der Waals surface area contributed by atoms with Gasteiger partial charge in [-0.15, -0.1) is 0 Å². The molecule has 0 heterocycles. The Balaban J connectivity index is 1.81. The van der Waals surface area contributed by atoms with E-state index in [1.807, 2.05) is 24.3 Å². The van der Waals surface area contributed by atoms with Crippen molar-refractivity contribution in [1.29, 1.82) is 0 Å². The fourth-order valence-electron chi connectivity index (χ4n) is 3.45. The van der Waals surface area contributed by atoms with Crippen LogP contribution in [0.15, 0.2) is 84.9 Å². The SMILES string of the molecule is COC(=O)[C@H](Cc1ccccc1I)NC(=O)[C@H](O)[C@@H](NC(=O)c1ccccc1)c1ccccc1. The number of hydrogen-bond donors (Lipinski definition) is 3. The summed E-state index contributed by atoms with van der Waals surface area (Å²) in [7, 11) is 1.24. The number of nitrogens with one attached hydrogen (secondary N) is 2. The molecule has 0 radical (unpaired) electrons. The van der Waals surface area contributed by atoms with Crippen molar-refractivity contribution in [3.63, 3.8) is 0 Å². The minimum absolute atomic E-state index is 0.191. The number of benzene rings is 3. The van der Waals surface area contributed by atoms with Gasteiger partial charge in [-0.2, -0.15) is 0 Å². The molecule has 0 saturated carbocycles. The Morgan fingerprint density at radius 3 is 2.09 bits per heavy atom. The second-order valence-corrected chi connectivity index (χ2v) is 8.71. The molecule has 0 unspecified atom stereocenters. The van der Waals surface area contributed by atoms with Crippen molar-refractivity contribution in [2.45, 2.75) is 24.6 Å². The number of hydrogen-bond acceptors (Lipinski definition) is 5. The Labute approximate surface area is 211 Å². The van der Waals surface area contributed by atoms with Crippen LogP contribution in [0.4, 0.5) is 0 Å². The number of aliphatic hydroxyl groups excluding tert-OH is 1. The lowest BCUT2D eigenvalue weighted by molar-refractivity contribution is -0.146. The maximum atomic E-state index is 13.1. The monoisotopic (exact) mass is 572 g/mol. The van der Waals surface area contributed by atoms with Crippen molar-refractivity contribution in [2.75, 3.05) is 7.11 Å². The molecule has 7 nitrogen and oxygen atoms in total. The van der Waals surface area contributed by atoms with Gasteiger partial charge in [-0.1, -0.05) is 66.7 Å². The summed E-state index contributed by atoms with van der Waals surface area (Å²) in [4.78, 5) is 38.2. The van der Waals surface area contributed by atoms with Gasteiger partial charge in [0.25, 0.3) is 11.8 Å². The molecule has 3 N–H and O–H groups in total. The van der Waals surface area contributed by atoms with Gasteiger partial charge in [-0.3, -0.25) is 9.59 Å². The molecule has 0 aliphatic heterocycles. The molecule has 34 heavy (non-hydrogen) atoms. The zero-order valence-corrected chi connectivity index (χ0v) is 20.6. The lowest BCUT2D eigenvalue weighted by atomic mass is 9.99. The summed E-state index contributed by atoms with van der Waals surface area (Å²) in [6.07, 6.45) is -1.46. The van der Waals surface area contributed by atoms with E-state index in [1.165, 1.54) is 7.11 Å². The number of halogens is 1. The first kappa shape index (κ1) is 25.4. The number of methoxy groups -OCH3 is 1. The molecule has 2 amide bonds. The van der Waals surface area contributed by atoms with Crippen molar-refractivity contribution in [2.24, 2.45) is 0 Å². The van der Waals surface area contributed by atoms with E-state index in [1.54, 1.807) is 60.7 Å². The van der Waals surface area contributed by atoms with Crippen LogP contribution >= 0.6 is 22.6 Å². The second kappa shape index (κ2) is 12.3. The van der Waals surface area contributed by atoms with Crippen molar-refractivity contribution >= 4 is 40.4 Å². The molecule has 176 valence electrons. The summed E-state index contributed by atoms with van der Waals surface area (Å²) in [6.45, 7) is 0. The van der Waals surface area contributed by atoms with Crippen LogP contribution in [0.1, 0.15) is 27.5 Å². The highest BCUT2D eigenvalue weighted by molar-refractivity contribution is 14.1. The third kappa shape index (κ3) is 6.64. The Hall–Kier alpha value is -3.24. The van der Waals surface area contributed by atoms with Crippen molar-refractivity contribution in [3.8, 4) is 0 Å². The number of rotatable bonds is 9. The average molecular weight is 572 g/mol. The van der Waals surface area contributed by atoms with Crippen molar-refractivity contribution in [1.82, 2.24) is 10.6 Å². The van der Waals surface area contributed by atoms with Crippen LogP contribution in [-0.4, -0.2) is 42.1 Å². The van der Waals surface area contributed by atoms with E-state index in [4.69, 9.17) is 4.74 Å². The number of ether oxygens (including phenoxy) is 1. The first-order valence-electron chi connectivity index (χ1n) is 10.6. The Morgan fingerprint density at radius 2 is 1.47 bits per heavy atom. The van der Waals surface area contributed by atoms with Crippen molar-refractivity contribution in [3.05, 3.63) is 105 Å². The van der Waals surface area contributed by atoms with E-state index in [0.29, 0.717) is 11.1 Å². The molecule has 3 atom stereocenters. The molecule has 0 aliphatic carbocycles. The number of carbonyl (C=O) groups is 3. The van der Waals surface area contributed by atoms with Crippen LogP contribution in [0.3, 0.4) is 0 Å². The predicted molar refractivity (Wildman–Crippen MR) is 136 cm³/mol. The van der Waals surface area contributed by atoms with E-state index in [9.17, 15) is 19.5 Å². The zero-order chi connectivity index (χ0) is 24.5. The van der Waals surface area contributed by atoms with Gasteiger partial charge in [0.1, 0.15) is 6.04 Å². The smallest absolute Gasteiger partial charge is 0.328 e. The summed E-state index contributed by atoms with van der Waals surface area (Å²) >= 11 is 2.15. The minimum Gasteiger partial charge on any atom is -0.467 e. The first-order chi connectivity index (χ1) is 16.4. The number of esters is 1. The highest BCUT2D eigenvalue weighted by Gasteiger charge is 2.32. The summed E-state index contributed by atoms with van der Waals surface area (Å²) in [5.74, 6) is -1.88. The van der Waals surface area contributed by atoms with Gasteiger partial charge in [0, 0.05) is 15.6 Å². The van der Waals surface area contributed by atoms with E-state index >= 15 is 0 Å². The van der Waals surface area contributed by atoms with Crippen LogP contribution < -0.4 is 10.6 Å². The number of carbonyl (C=O) groups excluding carboxylic acids is 3. The molecule has 0 aromatic heterocycles. The third-order valence-corrected chi connectivity index (χ3v) is 6.30. The summed E-state index contributed by atoms with van der Waals surface area (Å²) in [6, 6.07) is 22.6. The molecule has 0 bridgehead atoms. The Bertz CT molecular complexity index is 1120. The Kier molecular flexibility index (Phi) is 9.17. The minimum atomic E-state index is -1.66. The third-order valence-electron chi connectivity index (χ3n) is 5.25. The first-order valence-corrected chi connectivity index (χ1v) is 11.7. The Morgan fingerprint density at radius 1 is 0.882 bits per heavy atom. The zero-order valence-electron chi connectivity index (χ0n) is 18.5. The summed E-state index contributed by atoms with van der Waals surface area (Å²) < 4.78 is 5.80. The molecule has 3 aromatic carbocycles. The van der Waals surface area contributed by atoms with Crippen molar-refractivity contribution < 1.29 is 24.2 Å². The maximum Gasteiger partial charge on any atom is 0.328 e.